The van der Waals surface area contributed by atoms with Gasteiger partial charge in [-0.25, -0.2) is 4.98 Å². The number of benzene rings is 1. The van der Waals surface area contributed by atoms with E-state index in [0.29, 0.717) is 39.0 Å². The molecule has 8 heteroatoms. The Bertz CT molecular complexity index is 900. The van der Waals surface area contributed by atoms with Crippen LogP contribution in [0, 0.1) is 5.92 Å². The Hall–Kier alpha value is -2.29. The number of hydrogen-bond acceptors (Lipinski definition) is 7. The fourth-order valence-electron chi connectivity index (χ4n) is 4.18. The van der Waals surface area contributed by atoms with Crippen LogP contribution in [-0.2, 0) is 32.0 Å². The van der Waals surface area contributed by atoms with Crippen molar-refractivity contribution >= 4 is 23.2 Å². The minimum Gasteiger partial charge on any atom is -0.466 e. The molecule has 0 atom stereocenters. The van der Waals surface area contributed by atoms with Gasteiger partial charge in [0, 0.05) is 43.7 Å². The van der Waals surface area contributed by atoms with Crippen molar-refractivity contribution in [3.8, 4) is 10.6 Å². The molecule has 7 nitrogen and oxygen atoms in total. The topological polar surface area (TPSA) is 72.0 Å². The number of hydrogen-bond donors (Lipinski definition) is 0. The van der Waals surface area contributed by atoms with Crippen LogP contribution in [0.25, 0.3) is 10.6 Å². The SMILES string of the molecule is CCOC(=O)C1CCN(C(=O)Cc2csc(-c3ccc(CN4CCOCC4)cc3)n2)CC1. The monoisotopic (exact) mass is 457 g/mol. The smallest absolute Gasteiger partial charge is 0.309 e. The molecular weight excluding hydrogens is 426 g/mol. The number of carbonyl (C=O) groups excluding carboxylic acids is 2. The van der Waals surface area contributed by atoms with Gasteiger partial charge in [-0.2, -0.15) is 0 Å². The van der Waals surface area contributed by atoms with E-state index in [1.165, 1.54) is 5.56 Å². The molecule has 1 amide bonds. The third-order valence-corrected chi connectivity index (χ3v) is 7.00. The summed E-state index contributed by atoms with van der Waals surface area (Å²) >= 11 is 1.57. The van der Waals surface area contributed by atoms with Crippen LogP contribution in [0.2, 0.25) is 0 Å². The fraction of sp³-hybridized carbons (Fsp3) is 0.542. The van der Waals surface area contributed by atoms with Crippen molar-refractivity contribution in [2.24, 2.45) is 5.92 Å². The Morgan fingerprint density at radius 1 is 1.12 bits per heavy atom. The molecule has 32 heavy (non-hydrogen) atoms. The lowest BCUT2D eigenvalue weighted by atomic mass is 9.97. The molecule has 2 aliphatic rings. The zero-order valence-corrected chi connectivity index (χ0v) is 19.4. The van der Waals surface area contributed by atoms with Crippen molar-refractivity contribution in [1.29, 1.82) is 0 Å². The van der Waals surface area contributed by atoms with Crippen LogP contribution in [0.1, 0.15) is 31.0 Å². The third-order valence-electron chi connectivity index (χ3n) is 6.06. The van der Waals surface area contributed by atoms with Crippen molar-refractivity contribution in [3.05, 3.63) is 40.9 Å². The Labute approximate surface area is 193 Å². The van der Waals surface area contributed by atoms with Gasteiger partial charge in [0.05, 0.1) is 37.9 Å². The summed E-state index contributed by atoms with van der Waals surface area (Å²) < 4.78 is 10.5. The van der Waals surface area contributed by atoms with E-state index < -0.39 is 0 Å². The number of carbonyl (C=O) groups is 2. The molecule has 1 aromatic carbocycles. The van der Waals surface area contributed by atoms with E-state index in [2.05, 4.69) is 29.2 Å². The number of aromatic nitrogens is 1. The number of nitrogens with zero attached hydrogens (tertiary/aromatic N) is 3. The second-order valence-corrected chi connectivity index (χ2v) is 9.17. The van der Waals surface area contributed by atoms with Crippen LogP contribution in [0.3, 0.4) is 0 Å². The largest absolute Gasteiger partial charge is 0.466 e. The third kappa shape index (κ3) is 5.94. The van der Waals surface area contributed by atoms with Crippen molar-refractivity contribution in [1.82, 2.24) is 14.8 Å². The lowest BCUT2D eigenvalue weighted by molar-refractivity contribution is -0.151. The molecular formula is C24H31N3O4S. The molecule has 0 saturated carbocycles. The summed E-state index contributed by atoms with van der Waals surface area (Å²) in [6.07, 6.45) is 1.64. The number of piperidine rings is 1. The average molecular weight is 458 g/mol. The van der Waals surface area contributed by atoms with Crippen LogP contribution in [0.15, 0.2) is 29.6 Å². The zero-order valence-electron chi connectivity index (χ0n) is 18.6. The number of thiazole rings is 1. The van der Waals surface area contributed by atoms with E-state index in [9.17, 15) is 9.59 Å². The highest BCUT2D eigenvalue weighted by atomic mass is 32.1. The number of esters is 1. The Balaban J connectivity index is 1.28. The summed E-state index contributed by atoms with van der Waals surface area (Å²) in [6, 6.07) is 8.54. The van der Waals surface area contributed by atoms with Gasteiger partial charge in [-0.05, 0) is 25.3 Å². The normalized spacial score (nSPS) is 18.0. The van der Waals surface area contributed by atoms with Gasteiger partial charge >= 0.3 is 5.97 Å². The first kappa shape index (κ1) is 22.9. The molecule has 0 N–H and O–H groups in total. The van der Waals surface area contributed by atoms with Gasteiger partial charge in [0.2, 0.25) is 5.91 Å². The van der Waals surface area contributed by atoms with E-state index in [0.717, 1.165) is 49.1 Å². The summed E-state index contributed by atoms with van der Waals surface area (Å²) in [5, 5.41) is 2.91. The van der Waals surface area contributed by atoms with E-state index >= 15 is 0 Å². The first-order chi connectivity index (χ1) is 15.6. The Kier molecular flexibility index (Phi) is 7.89. The van der Waals surface area contributed by atoms with Gasteiger partial charge in [0.25, 0.3) is 0 Å². The van der Waals surface area contributed by atoms with Gasteiger partial charge in [0.1, 0.15) is 5.01 Å². The van der Waals surface area contributed by atoms with Crippen LogP contribution < -0.4 is 0 Å². The lowest BCUT2D eigenvalue weighted by Crippen LogP contribution is -2.41. The first-order valence-electron chi connectivity index (χ1n) is 11.4. The molecule has 2 fully saturated rings. The molecule has 1 aromatic heterocycles. The highest BCUT2D eigenvalue weighted by Crippen LogP contribution is 2.25. The Morgan fingerprint density at radius 3 is 2.53 bits per heavy atom. The van der Waals surface area contributed by atoms with Crippen molar-refractivity contribution in [3.63, 3.8) is 0 Å². The molecule has 0 spiro atoms. The molecule has 0 bridgehead atoms. The van der Waals surface area contributed by atoms with E-state index in [-0.39, 0.29) is 17.8 Å². The van der Waals surface area contributed by atoms with Crippen LogP contribution in [0.5, 0.6) is 0 Å². The van der Waals surface area contributed by atoms with Crippen molar-refractivity contribution < 1.29 is 19.1 Å². The maximum Gasteiger partial charge on any atom is 0.309 e. The number of likely N-dealkylation sites (tertiary alicyclic amines) is 1. The zero-order chi connectivity index (χ0) is 22.3. The van der Waals surface area contributed by atoms with Crippen molar-refractivity contribution in [2.45, 2.75) is 32.7 Å². The molecule has 2 saturated heterocycles. The number of morpholine rings is 1. The maximum absolute atomic E-state index is 12.7. The average Bonchev–Trinajstić information content (AvgIpc) is 3.29. The van der Waals surface area contributed by atoms with Gasteiger partial charge in [-0.15, -0.1) is 11.3 Å². The summed E-state index contributed by atoms with van der Waals surface area (Å²) in [6.45, 7) is 7.93. The number of rotatable bonds is 7. The molecule has 0 radical (unpaired) electrons. The molecule has 4 rings (SSSR count). The molecule has 2 aromatic rings. The minimum absolute atomic E-state index is 0.0741. The van der Waals surface area contributed by atoms with Crippen LogP contribution in [-0.4, -0.2) is 72.7 Å². The summed E-state index contributed by atoms with van der Waals surface area (Å²) in [7, 11) is 0. The summed E-state index contributed by atoms with van der Waals surface area (Å²) in [5.74, 6) is -0.152. The number of amides is 1. The van der Waals surface area contributed by atoms with Gasteiger partial charge < -0.3 is 14.4 Å². The standard InChI is InChI=1S/C24H31N3O4S/c1-2-31-24(29)20-7-9-27(10-8-20)22(28)15-21-17-32-23(25-21)19-5-3-18(4-6-19)16-26-11-13-30-14-12-26/h3-6,17,20H,2,7-16H2,1H3. The molecule has 172 valence electrons. The molecule has 3 heterocycles. The Morgan fingerprint density at radius 2 is 1.84 bits per heavy atom. The predicted molar refractivity (Wildman–Crippen MR) is 123 cm³/mol. The lowest BCUT2D eigenvalue weighted by Gasteiger charge is -2.30. The van der Waals surface area contributed by atoms with E-state index in [1.807, 2.05) is 17.2 Å². The molecule has 0 aliphatic carbocycles. The predicted octanol–water partition coefficient (Wildman–Crippen LogP) is 2.99. The molecule has 0 unspecified atom stereocenters. The highest BCUT2D eigenvalue weighted by Gasteiger charge is 2.28. The first-order valence-corrected chi connectivity index (χ1v) is 12.3. The molecule has 2 aliphatic heterocycles. The quantitative estimate of drug-likeness (QED) is 0.596. The van der Waals surface area contributed by atoms with Crippen LogP contribution >= 0.6 is 11.3 Å². The van der Waals surface area contributed by atoms with Gasteiger partial charge in [0.15, 0.2) is 0 Å². The minimum atomic E-state index is -0.139. The summed E-state index contributed by atoms with van der Waals surface area (Å²) in [4.78, 5) is 33.5. The van der Waals surface area contributed by atoms with Gasteiger partial charge in [-0.1, -0.05) is 24.3 Å². The second-order valence-electron chi connectivity index (χ2n) is 8.31. The van der Waals surface area contributed by atoms with Gasteiger partial charge in [-0.3, -0.25) is 14.5 Å². The van der Waals surface area contributed by atoms with Crippen molar-refractivity contribution in [2.75, 3.05) is 46.0 Å². The fourth-order valence-corrected chi connectivity index (χ4v) is 5.01. The maximum atomic E-state index is 12.7. The highest BCUT2D eigenvalue weighted by molar-refractivity contribution is 7.13. The summed E-state index contributed by atoms with van der Waals surface area (Å²) in [5.41, 5.74) is 3.17. The number of ether oxygens (including phenoxy) is 2. The van der Waals surface area contributed by atoms with E-state index in [4.69, 9.17) is 14.5 Å². The second kappa shape index (κ2) is 11.0. The van der Waals surface area contributed by atoms with Crippen LogP contribution in [0.4, 0.5) is 0 Å². The van der Waals surface area contributed by atoms with E-state index in [1.54, 1.807) is 11.3 Å².